The molecular weight excluding hydrogens is 1190 g/mol. The molecule has 84 heavy (non-hydrogen) atoms. The summed E-state index contributed by atoms with van der Waals surface area (Å²) in [4.78, 5) is 27.3. The summed E-state index contributed by atoms with van der Waals surface area (Å²) in [5, 5.41) is 59.8. The van der Waals surface area contributed by atoms with Gasteiger partial charge in [-0.05, 0) is 108 Å². The van der Waals surface area contributed by atoms with E-state index in [1.54, 1.807) is 97.1 Å². The molecule has 0 aromatic heterocycles. The second-order valence-electron chi connectivity index (χ2n) is 19.5. The molecule has 0 spiro atoms. The van der Waals surface area contributed by atoms with E-state index >= 15 is 0 Å². The number of nitriles is 4. The van der Waals surface area contributed by atoms with Crippen molar-refractivity contribution in [3.05, 3.63) is 308 Å². The molecule has 7 aromatic carbocycles. The number of Topliss-reactive ketones (excluding diaryl/α,β-unsaturated/α-hetero) is 2. The van der Waals surface area contributed by atoms with E-state index in [9.17, 15) is 66.0 Å². The molecule has 0 aliphatic heterocycles. The van der Waals surface area contributed by atoms with E-state index < -0.39 is 18.6 Å². The number of carbonyl (C=O) groups excluding carboxylic acids is 2. The van der Waals surface area contributed by atoms with Gasteiger partial charge in [-0.3, -0.25) is 9.59 Å². The van der Waals surface area contributed by atoms with E-state index in [-0.39, 0.29) is 45.5 Å². The van der Waals surface area contributed by atoms with Crippen molar-refractivity contribution in [1.82, 2.24) is 0 Å². The van der Waals surface area contributed by atoms with Crippen LogP contribution in [0.1, 0.15) is 106 Å². The van der Waals surface area contributed by atoms with Crippen molar-refractivity contribution in [2.45, 2.75) is 51.4 Å². The zero-order chi connectivity index (χ0) is 60.7. The third kappa shape index (κ3) is 17.3. The first kappa shape index (κ1) is 65.4. The fourth-order valence-corrected chi connectivity index (χ4v) is 9.12. The Morgan fingerprint density at radius 3 is 0.929 bits per heavy atom. The second-order valence-corrected chi connectivity index (χ2v) is 21.4. The number of nitrogens with zero attached hydrogens (tertiary/aromatic N) is 4. The molecule has 0 saturated heterocycles. The van der Waals surface area contributed by atoms with Gasteiger partial charge in [0.15, 0.2) is 11.6 Å². The predicted octanol–water partition coefficient (Wildman–Crippen LogP) is 18.7. The number of allylic oxidation sites excluding steroid dienone is 10. The summed E-state index contributed by atoms with van der Waals surface area (Å²) in [7, 11) is -10.7. The zero-order valence-electron chi connectivity index (χ0n) is 45.7. The zero-order valence-corrected chi connectivity index (χ0v) is 48.1. The van der Waals surface area contributed by atoms with Crippen molar-refractivity contribution in [2.75, 3.05) is 0 Å². The summed E-state index contributed by atoms with van der Waals surface area (Å²) in [6.45, 7) is 8.44. The SMILES string of the molecule is CC[C@@](C)(C1=C/C(=C(/O)c2cccc(C#N)c2)C(C(=O)c2cccc(C#N)c2)=C1)c1ccccc1.CC[C@](C)(C1=C/C(=C(/O)c2cccc(C#N)c2)C(C(=O)c2cccc(C#N)c2)=C1)c1ccccc1.F[P-](F)(F)(F)(F)F.[Ag+].c1ccccc1. The van der Waals surface area contributed by atoms with Gasteiger partial charge in [-0.1, -0.05) is 173 Å². The first-order valence-corrected chi connectivity index (χ1v) is 27.8. The van der Waals surface area contributed by atoms with Crippen LogP contribution in [0.15, 0.2) is 252 Å². The van der Waals surface area contributed by atoms with E-state index in [1.807, 2.05) is 97.1 Å². The van der Waals surface area contributed by atoms with Gasteiger partial charge < -0.3 is 10.2 Å². The largest absolute Gasteiger partial charge is 1.00 e. The molecule has 0 saturated carbocycles. The summed E-state index contributed by atoms with van der Waals surface area (Å²) in [5.74, 6) is -0.699. The minimum Gasteiger partial charge on any atom is -0.0623 e. The maximum Gasteiger partial charge on any atom is 1.00 e. The van der Waals surface area contributed by atoms with Crippen LogP contribution in [0.5, 0.6) is 0 Å². The summed E-state index contributed by atoms with van der Waals surface area (Å²) < 4.78 is 59.2. The summed E-state index contributed by atoms with van der Waals surface area (Å²) in [6.07, 6.45) is 8.99. The first-order chi connectivity index (χ1) is 39.3. The van der Waals surface area contributed by atoms with Gasteiger partial charge in [-0.2, -0.15) is 21.0 Å². The van der Waals surface area contributed by atoms with Crippen LogP contribution in [0.4, 0.5) is 25.2 Å². The number of hydrogen-bond donors (Lipinski definition) is 2. The Morgan fingerprint density at radius 1 is 0.417 bits per heavy atom. The maximum absolute atomic E-state index is 13.7. The molecular formula is C68H54AgF6N4O4P. The molecule has 2 atom stereocenters. The third-order valence-corrected chi connectivity index (χ3v) is 14.0. The fourth-order valence-electron chi connectivity index (χ4n) is 9.12. The smallest absolute Gasteiger partial charge is 0.0623 e. The van der Waals surface area contributed by atoms with Crippen LogP contribution in [0, 0.1) is 45.3 Å². The third-order valence-electron chi connectivity index (χ3n) is 14.0. The number of carbonyl (C=O) groups is 2. The average Bonchev–Trinajstić information content (AvgIpc) is 2.54. The Balaban J connectivity index is 0.000000250. The fraction of sp³-hybridized carbons (Fsp3) is 0.118. The van der Waals surface area contributed by atoms with Crippen LogP contribution in [0.25, 0.3) is 11.5 Å². The second kappa shape index (κ2) is 27.1. The number of halogens is 6. The Labute approximate surface area is 499 Å². The summed E-state index contributed by atoms with van der Waals surface area (Å²) in [5.41, 5.74) is 8.03. The molecule has 2 N–H and O–H groups in total. The van der Waals surface area contributed by atoms with E-state index in [2.05, 4.69) is 76.2 Å². The Bertz CT molecular complexity index is 3700. The molecule has 428 valence electrons. The molecule has 9 rings (SSSR count). The van der Waals surface area contributed by atoms with Crippen LogP contribution < -0.4 is 0 Å². The van der Waals surface area contributed by atoms with Gasteiger partial charge in [-0.15, -0.1) is 0 Å². The van der Waals surface area contributed by atoms with Crippen molar-refractivity contribution < 1.29 is 67.4 Å². The average molecular weight is 1240 g/mol. The molecule has 0 amide bonds. The minimum absolute atomic E-state index is 0. The molecule has 0 bridgehead atoms. The van der Waals surface area contributed by atoms with Crippen LogP contribution in [-0.2, 0) is 33.2 Å². The van der Waals surface area contributed by atoms with Crippen molar-refractivity contribution >= 4 is 30.9 Å². The molecule has 2 aliphatic carbocycles. The summed E-state index contributed by atoms with van der Waals surface area (Å²) in [6, 6.07) is 66.9. The quantitative estimate of drug-likeness (QED) is 0.0400. The van der Waals surface area contributed by atoms with Gasteiger partial charge in [0, 0.05) is 55.4 Å². The first-order valence-electron chi connectivity index (χ1n) is 25.8. The predicted molar refractivity (Wildman–Crippen MR) is 313 cm³/mol. The number of aliphatic hydroxyl groups excluding tert-OH is 2. The minimum atomic E-state index is -10.7. The standard InChI is InChI=1S/2C31H24N2O2.C6H6.Ag.F6P/c2*1-3-31(2,25-13-5-4-6-14-25)26-17-27(29(34)23-11-7-9-21(15-23)19-32)28(18-26)30(35)24-12-8-10-22(16-24)20-33;1-2-4-6-5-3-1;;1-7(2,3,4,5)6/h2*4-18,34H,3H2,1-2H3;1-6H;;/q;;;+1;-1/b2*29-27-;;;/t2*31-;;;/m10.../s1. The van der Waals surface area contributed by atoms with Gasteiger partial charge >= 0.3 is 55.4 Å². The van der Waals surface area contributed by atoms with Crippen LogP contribution >= 0.6 is 7.81 Å². The van der Waals surface area contributed by atoms with Gasteiger partial charge in [-0.25, -0.2) is 0 Å². The van der Waals surface area contributed by atoms with Gasteiger partial charge in [0.2, 0.25) is 0 Å². The van der Waals surface area contributed by atoms with Crippen LogP contribution in [0.3, 0.4) is 0 Å². The summed E-state index contributed by atoms with van der Waals surface area (Å²) >= 11 is 0. The van der Waals surface area contributed by atoms with E-state index in [0.29, 0.717) is 66.8 Å². The van der Waals surface area contributed by atoms with Crippen LogP contribution in [-0.4, -0.2) is 21.8 Å². The van der Waals surface area contributed by atoms with Gasteiger partial charge in [0.1, 0.15) is 11.5 Å². The van der Waals surface area contributed by atoms with Crippen molar-refractivity contribution in [2.24, 2.45) is 0 Å². The van der Waals surface area contributed by atoms with Crippen LogP contribution in [0.2, 0.25) is 0 Å². The monoisotopic (exact) mass is 1240 g/mol. The number of hydrogen-bond acceptors (Lipinski definition) is 8. The topological polar surface area (TPSA) is 170 Å². The Kier molecular flexibility index (Phi) is 21.1. The molecule has 0 radical (unpaired) electrons. The van der Waals surface area contributed by atoms with Crippen molar-refractivity contribution in [3.63, 3.8) is 0 Å². The molecule has 7 aromatic rings. The Morgan fingerprint density at radius 2 is 0.667 bits per heavy atom. The molecule has 2 aliphatic rings. The normalized spacial score (nSPS) is 15.6. The number of benzene rings is 7. The van der Waals surface area contributed by atoms with Crippen molar-refractivity contribution in [1.29, 1.82) is 21.0 Å². The molecule has 8 nitrogen and oxygen atoms in total. The number of rotatable bonds is 12. The van der Waals surface area contributed by atoms with E-state index in [0.717, 1.165) is 35.1 Å². The maximum atomic E-state index is 13.7. The van der Waals surface area contributed by atoms with Crippen molar-refractivity contribution in [3.8, 4) is 24.3 Å². The molecule has 0 unspecified atom stereocenters. The Hall–Kier alpha value is -9.37. The molecule has 16 heteroatoms. The molecule has 0 fully saturated rings. The molecule has 0 heterocycles. The van der Waals surface area contributed by atoms with E-state index in [4.69, 9.17) is 0 Å². The number of ketones is 2. The number of aliphatic hydroxyl groups is 2. The van der Waals surface area contributed by atoms with Gasteiger partial charge in [0.25, 0.3) is 0 Å². The van der Waals surface area contributed by atoms with Gasteiger partial charge in [0.05, 0.1) is 46.5 Å². The van der Waals surface area contributed by atoms with E-state index in [1.165, 1.54) is 0 Å².